The van der Waals surface area contributed by atoms with Gasteiger partial charge < -0.3 is 44.2 Å². The molecule has 4 N–H and O–H groups in total. The quantitative estimate of drug-likeness (QED) is 0.0642. The van der Waals surface area contributed by atoms with Gasteiger partial charge in [-0.2, -0.15) is 4.98 Å². The van der Waals surface area contributed by atoms with E-state index in [-0.39, 0.29) is 53.5 Å². The number of nitrogens with zero attached hydrogens (tertiary/aromatic N) is 5. The van der Waals surface area contributed by atoms with Crippen molar-refractivity contribution in [1.82, 2.24) is 19.6 Å². The zero-order chi connectivity index (χ0) is 51.4. The molecule has 2 saturated carbocycles. The SMILES string of the molecule is CC(C)Oc1ccccc1[C@@H]1COCCCN1C1CC2(CCN(c3ccc(C(=O)NS(=O)(=O)c4ccc(NC[C@H]5CC[C@](C)(O)CC5)c([N+](=O)[O-])c4)c(N4c5cc6cc[nH]c6nc5O[C@@H]5CCOC[C@H]54)c3)CC2)C1. The van der Waals surface area contributed by atoms with Gasteiger partial charge in [-0.1, -0.05) is 18.2 Å². The van der Waals surface area contributed by atoms with Crippen LogP contribution in [0, 0.1) is 21.4 Å². The molecule has 3 saturated heterocycles. The van der Waals surface area contributed by atoms with Gasteiger partial charge in [0.15, 0.2) is 0 Å². The second kappa shape index (κ2) is 20.3. The molecule has 74 heavy (non-hydrogen) atoms. The number of aliphatic hydroxyl groups is 1. The third-order valence-electron chi connectivity index (χ3n) is 16.6. The Balaban J connectivity index is 0.861. The number of nitrogens with one attached hydrogen (secondary N) is 3. The second-order valence-electron chi connectivity index (χ2n) is 22.0. The average molecular weight is 1030 g/mol. The molecule has 3 atom stereocenters. The van der Waals surface area contributed by atoms with Gasteiger partial charge in [-0.05, 0) is 138 Å². The van der Waals surface area contributed by atoms with Crippen LogP contribution in [0.5, 0.6) is 11.6 Å². The summed E-state index contributed by atoms with van der Waals surface area (Å²) < 4.78 is 55.8. The Bertz CT molecular complexity index is 2990. The molecule has 0 radical (unpaired) electrons. The van der Waals surface area contributed by atoms with E-state index in [0.717, 1.165) is 94.1 Å². The fourth-order valence-electron chi connectivity index (χ4n) is 12.4. The normalized spacial score (nSPS) is 25.4. The Morgan fingerprint density at radius 3 is 2.53 bits per heavy atom. The summed E-state index contributed by atoms with van der Waals surface area (Å²) in [5, 5.41) is 26.8. The highest BCUT2D eigenvalue weighted by Crippen LogP contribution is 2.54. The molecular weight excluding hydrogens is 965 g/mol. The summed E-state index contributed by atoms with van der Waals surface area (Å²) in [5.41, 5.74) is 3.13. The number of nitro benzene ring substituents is 1. The van der Waals surface area contributed by atoms with Crippen LogP contribution in [0.2, 0.25) is 0 Å². The number of anilines is 4. The number of para-hydroxylation sites is 1. The van der Waals surface area contributed by atoms with E-state index in [1.54, 1.807) is 12.3 Å². The molecule has 394 valence electrons. The monoisotopic (exact) mass is 1030 g/mol. The highest BCUT2D eigenvalue weighted by Gasteiger charge is 2.50. The van der Waals surface area contributed by atoms with Crippen LogP contribution in [-0.2, 0) is 19.5 Å². The number of rotatable bonds is 13. The number of carbonyl (C=O) groups is 1. The topological polar surface area (TPSA) is 214 Å². The van der Waals surface area contributed by atoms with Gasteiger partial charge in [0, 0.05) is 74.1 Å². The molecule has 18 nitrogen and oxygen atoms in total. The van der Waals surface area contributed by atoms with Crippen LogP contribution in [0.4, 0.5) is 28.4 Å². The van der Waals surface area contributed by atoms with Crippen molar-refractivity contribution in [1.29, 1.82) is 0 Å². The van der Waals surface area contributed by atoms with Crippen LogP contribution in [0.25, 0.3) is 11.0 Å². The number of aromatic nitrogens is 2. The van der Waals surface area contributed by atoms with Gasteiger partial charge >= 0.3 is 0 Å². The Labute approximate surface area is 432 Å². The summed E-state index contributed by atoms with van der Waals surface area (Å²) in [4.78, 5) is 41.2. The number of sulfonamides is 1. The van der Waals surface area contributed by atoms with Crippen LogP contribution in [0.3, 0.4) is 0 Å². The van der Waals surface area contributed by atoms with Crippen molar-refractivity contribution < 1.29 is 42.2 Å². The van der Waals surface area contributed by atoms with Crippen molar-refractivity contribution in [2.75, 3.05) is 67.7 Å². The summed E-state index contributed by atoms with van der Waals surface area (Å²) in [6.45, 7) is 11.1. The molecule has 2 aromatic heterocycles. The Morgan fingerprint density at radius 1 is 0.959 bits per heavy atom. The minimum absolute atomic E-state index is 0.0632. The van der Waals surface area contributed by atoms with Gasteiger partial charge in [0.05, 0.1) is 64.7 Å². The van der Waals surface area contributed by atoms with Crippen molar-refractivity contribution in [2.45, 2.75) is 126 Å². The smallest absolute Gasteiger partial charge is 0.293 e. The molecule has 4 aliphatic heterocycles. The largest absolute Gasteiger partial charge is 0.491 e. The van der Waals surface area contributed by atoms with E-state index in [2.05, 4.69) is 56.9 Å². The fraction of sp³-hybridized carbons (Fsp3) is 0.527. The summed E-state index contributed by atoms with van der Waals surface area (Å²) in [6.07, 6.45) is 10.1. The van der Waals surface area contributed by atoms with Gasteiger partial charge in [0.2, 0.25) is 5.88 Å². The van der Waals surface area contributed by atoms with Crippen molar-refractivity contribution in [3.63, 3.8) is 0 Å². The Hall–Kier alpha value is -5.99. The number of pyridine rings is 1. The summed E-state index contributed by atoms with van der Waals surface area (Å²) in [7, 11) is -4.63. The maximum absolute atomic E-state index is 14.7. The molecule has 0 unspecified atom stereocenters. The zero-order valence-corrected chi connectivity index (χ0v) is 43.3. The number of hydrogen-bond acceptors (Lipinski definition) is 15. The van der Waals surface area contributed by atoms with E-state index in [0.29, 0.717) is 68.0 Å². The number of nitro groups is 1. The number of H-pyrrole nitrogens is 1. The maximum atomic E-state index is 14.7. The third-order valence-corrected chi connectivity index (χ3v) is 17.9. The molecule has 1 amide bonds. The Morgan fingerprint density at radius 2 is 1.74 bits per heavy atom. The average Bonchev–Trinajstić information content (AvgIpc) is 3.70. The highest BCUT2D eigenvalue weighted by atomic mass is 32.2. The first kappa shape index (κ1) is 50.2. The van der Waals surface area contributed by atoms with Crippen molar-refractivity contribution in [3.8, 4) is 11.6 Å². The highest BCUT2D eigenvalue weighted by molar-refractivity contribution is 7.90. The predicted molar refractivity (Wildman–Crippen MR) is 281 cm³/mol. The van der Waals surface area contributed by atoms with Gasteiger partial charge in [0.25, 0.3) is 21.6 Å². The lowest BCUT2D eigenvalue weighted by Crippen LogP contribution is -2.56. The molecular formula is C55H68N8O10S. The van der Waals surface area contributed by atoms with Crippen molar-refractivity contribution in [2.24, 2.45) is 11.3 Å². The lowest BCUT2D eigenvalue weighted by molar-refractivity contribution is -0.384. The van der Waals surface area contributed by atoms with Gasteiger partial charge in [0.1, 0.15) is 28.9 Å². The number of carbonyl (C=O) groups excluding carboxylic acids is 1. The molecule has 2 aliphatic carbocycles. The van der Waals surface area contributed by atoms with Crippen LogP contribution < -0.4 is 29.3 Å². The third kappa shape index (κ3) is 10.1. The van der Waals surface area contributed by atoms with Crippen molar-refractivity contribution in [3.05, 3.63) is 100 Å². The van der Waals surface area contributed by atoms with Crippen LogP contribution >= 0.6 is 0 Å². The molecule has 3 aromatic carbocycles. The maximum Gasteiger partial charge on any atom is 0.293 e. The van der Waals surface area contributed by atoms with E-state index in [1.807, 2.05) is 42.2 Å². The first-order valence-electron chi connectivity index (χ1n) is 26.4. The standard InChI is InChI=1S/C55H68N8O10S/c1-35(2)72-49-8-5-4-7-41(49)47-33-70-25-6-22-61(47)39-30-55(31-39)19-23-60(24-20-55)38-9-11-42(44(28-38)62-46-27-37-15-21-56-51(37)58-53(46)73-50-16-26-71-34-48(50)62)52(64)59-74(68,69)40-10-12-43(45(29-40)63(66)67)57-32-36-13-17-54(3,65)18-14-36/h4-5,7-12,15,21,27-29,35-36,39,47-48,50,57,65H,6,13-14,16-20,22-26,30-34H2,1-3H3,(H,56,58)(H,59,64)/t36-,47-,48+,50+,54-/m0/s1. The molecule has 0 bridgehead atoms. The summed E-state index contributed by atoms with van der Waals surface area (Å²) in [6, 6.07) is 21.6. The number of aromatic amines is 1. The predicted octanol–water partition coefficient (Wildman–Crippen LogP) is 8.63. The molecule has 6 aliphatic rings. The molecule has 11 rings (SSSR count). The van der Waals surface area contributed by atoms with Crippen LogP contribution in [0.1, 0.15) is 107 Å². The van der Waals surface area contributed by atoms with Crippen LogP contribution in [0.15, 0.2) is 83.9 Å². The molecule has 5 aromatic rings. The van der Waals surface area contributed by atoms with E-state index >= 15 is 0 Å². The first-order chi connectivity index (χ1) is 35.6. The zero-order valence-electron chi connectivity index (χ0n) is 42.5. The van der Waals surface area contributed by atoms with Crippen LogP contribution in [-0.4, -0.2) is 122 Å². The second-order valence-corrected chi connectivity index (χ2v) is 23.7. The molecule has 1 spiro atoms. The van der Waals surface area contributed by atoms with Gasteiger partial charge in [-0.3, -0.25) is 19.8 Å². The molecule has 5 fully saturated rings. The Kier molecular flexibility index (Phi) is 13.7. The first-order valence-corrected chi connectivity index (χ1v) is 27.9. The van der Waals surface area contributed by atoms with E-state index in [9.17, 15) is 28.4 Å². The number of fused-ring (bicyclic) bond motifs is 3. The van der Waals surface area contributed by atoms with Gasteiger partial charge in [-0.25, -0.2) is 13.1 Å². The number of benzene rings is 3. The van der Waals surface area contributed by atoms with E-state index in [1.165, 1.54) is 17.7 Å². The van der Waals surface area contributed by atoms with E-state index < -0.39 is 37.0 Å². The molecule has 6 heterocycles. The fourth-order valence-corrected chi connectivity index (χ4v) is 13.4. The number of amides is 1. The molecule has 19 heteroatoms. The lowest BCUT2D eigenvalue weighted by atomic mass is 9.59. The lowest BCUT2D eigenvalue weighted by Gasteiger charge is -2.56. The minimum Gasteiger partial charge on any atom is -0.491 e. The number of piperidine rings is 1. The summed E-state index contributed by atoms with van der Waals surface area (Å²) >= 11 is 0. The summed E-state index contributed by atoms with van der Waals surface area (Å²) in [5.74, 6) is 0.606. The van der Waals surface area contributed by atoms with Crippen molar-refractivity contribution >= 4 is 55.4 Å². The van der Waals surface area contributed by atoms with Gasteiger partial charge in [-0.15, -0.1) is 0 Å². The number of hydrogen-bond donors (Lipinski definition) is 4. The number of ether oxygens (including phenoxy) is 4. The minimum atomic E-state index is -4.63. The van der Waals surface area contributed by atoms with E-state index in [4.69, 9.17) is 23.9 Å².